The monoisotopic (exact) mass is 187 g/mol. The topological polar surface area (TPSA) is 33.1 Å². The quantitative estimate of drug-likeness (QED) is 0.782. The maximum Gasteiger partial charge on any atom is 0.0708 e. The molecule has 0 saturated heterocycles. The van der Waals surface area contributed by atoms with Gasteiger partial charge in [0, 0.05) is 11.1 Å². The summed E-state index contributed by atoms with van der Waals surface area (Å²) in [7, 11) is 0. The normalized spacial score (nSPS) is 10.7. The van der Waals surface area contributed by atoms with Crippen molar-refractivity contribution < 1.29 is 5.11 Å². The Morgan fingerprint density at radius 3 is 2.79 bits per heavy atom. The molecule has 1 aromatic carbocycles. The minimum absolute atomic E-state index is 0.0794. The zero-order valence-corrected chi connectivity index (χ0v) is 8.20. The predicted octanol–water partition coefficient (Wildman–Crippen LogP) is 2.29. The number of rotatable bonds is 2. The van der Waals surface area contributed by atoms with E-state index in [1.165, 1.54) is 0 Å². The van der Waals surface area contributed by atoms with Gasteiger partial charge in [0.15, 0.2) is 0 Å². The SMILES string of the molecule is CCc1cc(CO)c2ccccc2n1. The van der Waals surface area contributed by atoms with Gasteiger partial charge >= 0.3 is 0 Å². The van der Waals surface area contributed by atoms with Crippen molar-refractivity contribution in [1.29, 1.82) is 0 Å². The van der Waals surface area contributed by atoms with Gasteiger partial charge in [-0.15, -0.1) is 0 Å². The standard InChI is InChI=1S/C12H13NO/c1-2-10-7-9(8-14)11-5-3-4-6-12(11)13-10/h3-7,14H,2,8H2,1H3. The highest BCUT2D eigenvalue weighted by Gasteiger charge is 2.02. The third kappa shape index (κ3) is 1.49. The summed E-state index contributed by atoms with van der Waals surface area (Å²) in [5, 5.41) is 10.3. The zero-order chi connectivity index (χ0) is 9.97. The zero-order valence-electron chi connectivity index (χ0n) is 8.20. The molecule has 0 radical (unpaired) electrons. The molecule has 0 bridgehead atoms. The Morgan fingerprint density at radius 1 is 1.29 bits per heavy atom. The molecule has 1 N–H and O–H groups in total. The molecule has 0 amide bonds. The Labute approximate surface area is 83.2 Å². The number of hydrogen-bond donors (Lipinski definition) is 1. The lowest BCUT2D eigenvalue weighted by Gasteiger charge is -2.05. The molecule has 2 rings (SSSR count). The highest BCUT2D eigenvalue weighted by molar-refractivity contribution is 5.82. The summed E-state index contributed by atoms with van der Waals surface area (Å²) >= 11 is 0. The molecule has 0 atom stereocenters. The fraction of sp³-hybridized carbons (Fsp3) is 0.250. The summed E-state index contributed by atoms with van der Waals surface area (Å²) in [6, 6.07) is 9.88. The number of hydrogen-bond acceptors (Lipinski definition) is 2. The van der Waals surface area contributed by atoms with Crippen molar-refractivity contribution in [3.8, 4) is 0 Å². The Morgan fingerprint density at radius 2 is 2.07 bits per heavy atom. The Hall–Kier alpha value is -1.41. The van der Waals surface area contributed by atoms with E-state index in [9.17, 15) is 5.11 Å². The first-order valence-corrected chi connectivity index (χ1v) is 4.83. The summed E-state index contributed by atoms with van der Waals surface area (Å²) in [6.07, 6.45) is 0.901. The predicted molar refractivity (Wildman–Crippen MR) is 57.0 cm³/mol. The van der Waals surface area contributed by atoms with Gasteiger partial charge in [-0.1, -0.05) is 25.1 Å². The van der Waals surface area contributed by atoms with Crippen molar-refractivity contribution in [2.24, 2.45) is 0 Å². The fourth-order valence-electron chi connectivity index (χ4n) is 1.62. The summed E-state index contributed by atoms with van der Waals surface area (Å²) < 4.78 is 0. The number of pyridine rings is 1. The van der Waals surface area contributed by atoms with Gasteiger partial charge < -0.3 is 5.11 Å². The van der Waals surface area contributed by atoms with Crippen molar-refractivity contribution in [2.75, 3.05) is 0 Å². The Bertz CT molecular complexity index is 451. The molecule has 1 heterocycles. The van der Waals surface area contributed by atoms with Gasteiger partial charge in [-0.3, -0.25) is 4.98 Å². The molecule has 72 valence electrons. The van der Waals surface area contributed by atoms with Crippen LogP contribution in [0.2, 0.25) is 0 Å². The summed E-state index contributed by atoms with van der Waals surface area (Å²) in [5.74, 6) is 0. The van der Waals surface area contributed by atoms with E-state index in [-0.39, 0.29) is 6.61 Å². The molecule has 2 aromatic rings. The second kappa shape index (κ2) is 3.76. The Kier molecular flexibility index (Phi) is 2.46. The van der Waals surface area contributed by atoms with E-state index < -0.39 is 0 Å². The van der Waals surface area contributed by atoms with Gasteiger partial charge in [-0.2, -0.15) is 0 Å². The van der Waals surface area contributed by atoms with Crippen molar-refractivity contribution in [3.05, 3.63) is 41.6 Å². The van der Waals surface area contributed by atoms with Crippen LogP contribution in [-0.4, -0.2) is 10.1 Å². The van der Waals surface area contributed by atoms with E-state index in [1.54, 1.807) is 0 Å². The fourth-order valence-corrected chi connectivity index (χ4v) is 1.62. The molecule has 14 heavy (non-hydrogen) atoms. The second-order valence-electron chi connectivity index (χ2n) is 3.30. The van der Waals surface area contributed by atoms with E-state index >= 15 is 0 Å². The number of aromatic nitrogens is 1. The number of para-hydroxylation sites is 1. The molecule has 0 saturated carbocycles. The molecule has 0 fully saturated rings. The molecule has 2 nitrogen and oxygen atoms in total. The molecule has 0 aliphatic carbocycles. The molecule has 1 aromatic heterocycles. The highest BCUT2D eigenvalue weighted by Crippen LogP contribution is 2.18. The second-order valence-corrected chi connectivity index (χ2v) is 3.30. The van der Waals surface area contributed by atoms with E-state index in [1.807, 2.05) is 30.3 Å². The van der Waals surface area contributed by atoms with Gasteiger partial charge in [0.1, 0.15) is 0 Å². The average Bonchev–Trinajstić information content (AvgIpc) is 2.27. The van der Waals surface area contributed by atoms with Crippen LogP contribution in [0, 0.1) is 0 Å². The van der Waals surface area contributed by atoms with Gasteiger partial charge in [0.2, 0.25) is 0 Å². The van der Waals surface area contributed by atoms with E-state index in [0.717, 1.165) is 28.6 Å². The lowest BCUT2D eigenvalue weighted by molar-refractivity contribution is 0.283. The van der Waals surface area contributed by atoms with Crippen LogP contribution in [-0.2, 0) is 13.0 Å². The van der Waals surface area contributed by atoms with Crippen LogP contribution in [0.15, 0.2) is 30.3 Å². The molecule has 0 spiro atoms. The molecular formula is C12H13NO. The van der Waals surface area contributed by atoms with Crippen LogP contribution in [0.1, 0.15) is 18.2 Å². The molecule has 0 aliphatic heterocycles. The van der Waals surface area contributed by atoms with Crippen LogP contribution < -0.4 is 0 Å². The van der Waals surface area contributed by atoms with Crippen LogP contribution in [0.4, 0.5) is 0 Å². The van der Waals surface area contributed by atoms with Crippen LogP contribution in [0.3, 0.4) is 0 Å². The molecule has 0 unspecified atom stereocenters. The number of aliphatic hydroxyl groups is 1. The van der Waals surface area contributed by atoms with Crippen molar-refractivity contribution >= 4 is 10.9 Å². The number of aliphatic hydroxyl groups excluding tert-OH is 1. The number of aryl methyl sites for hydroxylation is 1. The first kappa shape index (κ1) is 9.16. The minimum atomic E-state index is 0.0794. The summed E-state index contributed by atoms with van der Waals surface area (Å²) in [4.78, 5) is 4.49. The maximum atomic E-state index is 9.23. The number of fused-ring (bicyclic) bond motifs is 1. The first-order chi connectivity index (χ1) is 6.85. The third-order valence-electron chi connectivity index (χ3n) is 2.39. The van der Waals surface area contributed by atoms with Crippen molar-refractivity contribution in [1.82, 2.24) is 4.98 Å². The van der Waals surface area contributed by atoms with Gasteiger partial charge in [-0.25, -0.2) is 0 Å². The Balaban J connectivity index is 2.73. The summed E-state index contributed by atoms with van der Waals surface area (Å²) in [5.41, 5.74) is 2.97. The van der Waals surface area contributed by atoms with Crippen molar-refractivity contribution in [2.45, 2.75) is 20.0 Å². The smallest absolute Gasteiger partial charge is 0.0708 e. The summed E-state index contributed by atoms with van der Waals surface area (Å²) in [6.45, 7) is 2.15. The van der Waals surface area contributed by atoms with E-state index in [4.69, 9.17) is 0 Å². The van der Waals surface area contributed by atoms with Gasteiger partial charge in [0.05, 0.1) is 12.1 Å². The molecular weight excluding hydrogens is 174 g/mol. The third-order valence-corrected chi connectivity index (χ3v) is 2.39. The van der Waals surface area contributed by atoms with Crippen molar-refractivity contribution in [3.63, 3.8) is 0 Å². The van der Waals surface area contributed by atoms with E-state index in [2.05, 4.69) is 11.9 Å². The highest BCUT2D eigenvalue weighted by atomic mass is 16.3. The lowest BCUT2D eigenvalue weighted by Crippen LogP contribution is -1.94. The lowest BCUT2D eigenvalue weighted by atomic mass is 10.1. The number of benzene rings is 1. The van der Waals surface area contributed by atoms with Crippen LogP contribution in [0.5, 0.6) is 0 Å². The van der Waals surface area contributed by atoms with Gasteiger partial charge in [-0.05, 0) is 24.1 Å². The van der Waals surface area contributed by atoms with Crippen LogP contribution >= 0.6 is 0 Å². The van der Waals surface area contributed by atoms with E-state index in [0.29, 0.717) is 0 Å². The largest absolute Gasteiger partial charge is 0.392 e. The first-order valence-electron chi connectivity index (χ1n) is 4.83. The van der Waals surface area contributed by atoms with Crippen LogP contribution in [0.25, 0.3) is 10.9 Å². The number of nitrogens with zero attached hydrogens (tertiary/aromatic N) is 1. The molecule has 2 heteroatoms. The van der Waals surface area contributed by atoms with Gasteiger partial charge in [0.25, 0.3) is 0 Å². The molecule has 0 aliphatic rings. The average molecular weight is 187 g/mol. The maximum absolute atomic E-state index is 9.23. The minimum Gasteiger partial charge on any atom is -0.392 e.